The number of amides is 1. The molecule has 1 amide bonds. The number of hydrogen-bond donors (Lipinski definition) is 1. The van der Waals surface area contributed by atoms with Gasteiger partial charge in [0, 0.05) is 21.6 Å². The molecule has 4 nitrogen and oxygen atoms in total. The number of carbonyl (C=O) groups excluding carboxylic acids is 1. The molecule has 0 spiro atoms. The number of ether oxygens (including phenoxy) is 1. The molecule has 0 saturated heterocycles. The van der Waals surface area contributed by atoms with Crippen molar-refractivity contribution in [1.29, 1.82) is 0 Å². The third-order valence-corrected chi connectivity index (χ3v) is 4.47. The topological polar surface area (TPSA) is 51.2 Å². The highest BCUT2D eigenvalue weighted by atomic mass is 79.9. The molecule has 0 unspecified atom stereocenters. The minimum absolute atomic E-state index is 0.108. The van der Waals surface area contributed by atoms with Crippen LogP contribution in [0.1, 0.15) is 5.56 Å². The van der Waals surface area contributed by atoms with E-state index in [2.05, 4.69) is 26.2 Å². The van der Waals surface area contributed by atoms with Gasteiger partial charge in [-0.2, -0.15) is 0 Å². The van der Waals surface area contributed by atoms with E-state index in [0.29, 0.717) is 10.9 Å². The summed E-state index contributed by atoms with van der Waals surface area (Å²) in [4.78, 5) is 16.3. The quantitative estimate of drug-likeness (QED) is 0.740. The first kappa shape index (κ1) is 15.0. The minimum atomic E-state index is -0.108. The van der Waals surface area contributed by atoms with Crippen LogP contribution < -0.4 is 10.1 Å². The van der Waals surface area contributed by atoms with Crippen LogP contribution in [0.4, 0.5) is 5.13 Å². The minimum Gasteiger partial charge on any atom is -0.496 e. The van der Waals surface area contributed by atoms with Crippen LogP contribution in [0, 0.1) is 0 Å². The van der Waals surface area contributed by atoms with Crippen molar-refractivity contribution in [2.45, 2.75) is 6.42 Å². The Morgan fingerprint density at radius 1 is 1.36 bits per heavy atom. The van der Waals surface area contributed by atoms with Crippen molar-refractivity contribution in [3.8, 4) is 5.75 Å². The molecule has 0 bridgehead atoms. The van der Waals surface area contributed by atoms with Gasteiger partial charge in [-0.05, 0) is 29.0 Å². The highest BCUT2D eigenvalue weighted by Crippen LogP contribution is 2.30. The molecule has 1 aromatic heterocycles. The molecular weight excluding hydrogens is 364 g/mol. The Kier molecular flexibility index (Phi) is 4.40. The van der Waals surface area contributed by atoms with Gasteiger partial charge in [0.05, 0.1) is 13.5 Å². The van der Waals surface area contributed by atoms with Crippen molar-refractivity contribution < 1.29 is 9.53 Å². The molecule has 3 rings (SSSR count). The van der Waals surface area contributed by atoms with Crippen LogP contribution in [0.3, 0.4) is 0 Å². The fourth-order valence-corrected chi connectivity index (χ4v) is 3.25. The average molecular weight is 377 g/mol. The molecule has 6 heteroatoms. The molecule has 0 radical (unpaired) electrons. The largest absolute Gasteiger partial charge is 0.496 e. The summed E-state index contributed by atoms with van der Waals surface area (Å²) in [5.74, 6) is 0.604. The summed E-state index contributed by atoms with van der Waals surface area (Å²) in [5, 5.41) is 7.30. The molecule has 0 aliphatic heterocycles. The van der Waals surface area contributed by atoms with Gasteiger partial charge in [-0.15, -0.1) is 11.3 Å². The summed E-state index contributed by atoms with van der Waals surface area (Å²) >= 11 is 4.86. The fourth-order valence-electron chi connectivity index (χ4n) is 2.33. The summed E-state index contributed by atoms with van der Waals surface area (Å²) in [6.45, 7) is 0. The molecule has 112 valence electrons. The van der Waals surface area contributed by atoms with Crippen molar-refractivity contribution in [3.05, 3.63) is 51.9 Å². The predicted molar refractivity (Wildman–Crippen MR) is 92.6 cm³/mol. The second-order valence-corrected chi connectivity index (χ2v) is 6.48. The van der Waals surface area contributed by atoms with Gasteiger partial charge in [0.1, 0.15) is 5.75 Å². The third kappa shape index (κ3) is 3.13. The van der Waals surface area contributed by atoms with E-state index in [9.17, 15) is 4.79 Å². The second-order valence-electron chi connectivity index (χ2n) is 4.67. The molecule has 0 fully saturated rings. The number of anilines is 1. The maximum atomic E-state index is 12.2. The average Bonchev–Trinajstić information content (AvgIpc) is 3.00. The molecule has 1 N–H and O–H groups in total. The summed E-state index contributed by atoms with van der Waals surface area (Å²) in [6.07, 6.45) is 1.90. The van der Waals surface area contributed by atoms with Gasteiger partial charge in [0.2, 0.25) is 5.91 Å². The van der Waals surface area contributed by atoms with Crippen LogP contribution >= 0.6 is 27.3 Å². The SMILES string of the molecule is COc1ccc2cc(Br)ccc2c1CC(=O)Nc1nccs1. The summed E-state index contributed by atoms with van der Waals surface area (Å²) in [5.41, 5.74) is 0.876. The van der Waals surface area contributed by atoms with Gasteiger partial charge < -0.3 is 10.1 Å². The Morgan fingerprint density at radius 3 is 2.95 bits per heavy atom. The Hall–Kier alpha value is -1.92. The number of methoxy groups -OCH3 is 1. The lowest BCUT2D eigenvalue weighted by molar-refractivity contribution is -0.115. The van der Waals surface area contributed by atoms with Crippen LogP contribution in [0.5, 0.6) is 5.75 Å². The van der Waals surface area contributed by atoms with Crippen LogP contribution in [0.2, 0.25) is 0 Å². The number of benzene rings is 2. The van der Waals surface area contributed by atoms with Gasteiger partial charge >= 0.3 is 0 Å². The number of thiazole rings is 1. The Morgan fingerprint density at radius 2 is 2.23 bits per heavy atom. The van der Waals surface area contributed by atoms with Gasteiger partial charge in [0.15, 0.2) is 5.13 Å². The normalized spacial score (nSPS) is 10.6. The number of nitrogens with zero attached hydrogens (tertiary/aromatic N) is 1. The van der Waals surface area contributed by atoms with Crippen LogP contribution in [-0.2, 0) is 11.2 Å². The van der Waals surface area contributed by atoms with Gasteiger partial charge in [-0.25, -0.2) is 4.98 Å². The van der Waals surface area contributed by atoms with Crippen molar-refractivity contribution >= 4 is 49.1 Å². The Labute approximate surface area is 140 Å². The monoisotopic (exact) mass is 376 g/mol. The number of halogens is 1. The highest BCUT2D eigenvalue weighted by molar-refractivity contribution is 9.10. The van der Waals surface area contributed by atoms with Gasteiger partial charge in [-0.3, -0.25) is 4.79 Å². The second kappa shape index (κ2) is 6.46. The van der Waals surface area contributed by atoms with E-state index >= 15 is 0 Å². The molecule has 3 aromatic rings. The molecule has 1 heterocycles. The highest BCUT2D eigenvalue weighted by Gasteiger charge is 2.13. The van der Waals surface area contributed by atoms with Crippen molar-refractivity contribution in [1.82, 2.24) is 4.98 Å². The smallest absolute Gasteiger partial charge is 0.230 e. The van der Waals surface area contributed by atoms with Crippen LogP contribution in [-0.4, -0.2) is 18.0 Å². The van der Waals surface area contributed by atoms with Gasteiger partial charge in [-0.1, -0.05) is 28.1 Å². The fraction of sp³-hybridized carbons (Fsp3) is 0.125. The van der Waals surface area contributed by atoms with Crippen molar-refractivity contribution in [2.75, 3.05) is 12.4 Å². The lowest BCUT2D eigenvalue weighted by Crippen LogP contribution is -2.15. The summed E-state index contributed by atoms with van der Waals surface area (Å²) in [7, 11) is 1.61. The zero-order chi connectivity index (χ0) is 15.5. The maximum Gasteiger partial charge on any atom is 0.230 e. The van der Waals surface area contributed by atoms with E-state index in [-0.39, 0.29) is 12.3 Å². The number of fused-ring (bicyclic) bond motifs is 1. The Balaban J connectivity index is 1.95. The number of rotatable bonds is 4. The van der Waals surface area contributed by atoms with E-state index < -0.39 is 0 Å². The van der Waals surface area contributed by atoms with E-state index in [1.807, 2.05) is 35.7 Å². The van der Waals surface area contributed by atoms with E-state index in [1.54, 1.807) is 13.3 Å². The lowest BCUT2D eigenvalue weighted by atomic mass is 10.0. The first-order valence-electron chi connectivity index (χ1n) is 6.62. The first-order chi connectivity index (χ1) is 10.7. The zero-order valence-electron chi connectivity index (χ0n) is 11.8. The van der Waals surface area contributed by atoms with E-state index in [0.717, 1.165) is 20.8 Å². The van der Waals surface area contributed by atoms with Gasteiger partial charge in [0.25, 0.3) is 0 Å². The Bertz CT molecular complexity index is 818. The molecule has 22 heavy (non-hydrogen) atoms. The predicted octanol–water partition coefficient (Wildman–Crippen LogP) is 4.25. The number of hydrogen-bond acceptors (Lipinski definition) is 4. The first-order valence-corrected chi connectivity index (χ1v) is 8.29. The van der Waals surface area contributed by atoms with Crippen LogP contribution in [0.15, 0.2) is 46.4 Å². The lowest BCUT2D eigenvalue weighted by Gasteiger charge is -2.12. The molecule has 2 aromatic carbocycles. The van der Waals surface area contributed by atoms with Crippen LogP contribution in [0.25, 0.3) is 10.8 Å². The van der Waals surface area contributed by atoms with Crippen molar-refractivity contribution in [3.63, 3.8) is 0 Å². The van der Waals surface area contributed by atoms with Crippen molar-refractivity contribution in [2.24, 2.45) is 0 Å². The van der Waals surface area contributed by atoms with E-state index in [1.165, 1.54) is 11.3 Å². The third-order valence-electron chi connectivity index (χ3n) is 3.29. The molecule has 0 aliphatic rings. The number of nitrogens with one attached hydrogen (secondary N) is 1. The summed E-state index contributed by atoms with van der Waals surface area (Å²) < 4.78 is 6.42. The molecule has 0 atom stereocenters. The molecule has 0 aliphatic carbocycles. The molecule has 0 saturated carbocycles. The standard InChI is InChI=1S/C16H13BrN2O2S/c1-21-14-5-2-10-8-11(17)3-4-12(10)13(14)9-15(20)19-16-18-6-7-22-16/h2-8H,9H2,1H3,(H,18,19,20). The maximum absolute atomic E-state index is 12.2. The zero-order valence-corrected chi connectivity index (χ0v) is 14.2. The number of carbonyl (C=O) groups is 1. The summed E-state index contributed by atoms with van der Waals surface area (Å²) in [6, 6.07) is 9.86. The molecular formula is C16H13BrN2O2S. The number of aromatic nitrogens is 1. The van der Waals surface area contributed by atoms with E-state index in [4.69, 9.17) is 4.74 Å².